The van der Waals surface area contributed by atoms with E-state index in [9.17, 15) is 13.2 Å². The van der Waals surface area contributed by atoms with Crippen LogP contribution in [0.15, 0.2) is 76.2 Å². The van der Waals surface area contributed by atoms with Gasteiger partial charge in [-0.05, 0) is 41.3 Å². The van der Waals surface area contributed by atoms with Crippen molar-refractivity contribution in [2.45, 2.75) is 17.7 Å². The van der Waals surface area contributed by atoms with Crippen LogP contribution in [-0.2, 0) is 14.8 Å². The summed E-state index contributed by atoms with van der Waals surface area (Å²) in [6.07, 6.45) is 7.20. The van der Waals surface area contributed by atoms with E-state index in [1.807, 2.05) is 36.4 Å². The first kappa shape index (κ1) is 18.0. The fraction of sp³-hybridized carbons (Fsp3) is 0.158. The first-order valence-electron chi connectivity index (χ1n) is 8.17. The van der Waals surface area contributed by atoms with E-state index >= 15 is 0 Å². The molecule has 1 aliphatic rings. The number of nitrogens with one attached hydrogen (secondary N) is 1. The summed E-state index contributed by atoms with van der Waals surface area (Å²) in [6, 6.07) is 12.2. The number of nitrogens with two attached hydrogens (primary N) is 1. The van der Waals surface area contributed by atoms with E-state index in [0.717, 1.165) is 22.8 Å². The van der Waals surface area contributed by atoms with Crippen LogP contribution in [0.4, 0.5) is 0 Å². The Morgan fingerprint density at radius 1 is 1.15 bits per heavy atom. The largest absolute Gasteiger partial charge is 0.383 e. The monoisotopic (exact) mass is 369 g/mol. The average Bonchev–Trinajstić information content (AvgIpc) is 2.67. The Labute approximate surface area is 152 Å². The molecule has 6 nitrogen and oxygen atoms in total. The van der Waals surface area contributed by atoms with Crippen molar-refractivity contribution in [2.75, 3.05) is 6.54 Å². The Balaban J connectivity index is 1.70. The lowest BCUT2D eigenvalue weighted by atomic mass is 10.0. The summed E-state index contributed by atoms with van der Waals surface area (Å²) in [4.78, 5) is 15.8. The zero-order valence-corrected chi connectivity index (χ0v) is 14.9. The van der Waals surface area contributed by atoms with Crippen LogP contribution >= 0.6 is 0 Å². The molecule has 0 aromatic heterocycles. The molecule has 134 valence electrons. The van der Waals surface area contributed by atoms with Crippen molar-refractivity contribution < 1.29 is 13.2 Å². The molecule has 3 rings (SSSR count). The molecule has 1 amide bonds. The number of allylic oxidation sites excluding steroid dienone is 3. The molecule has 0 spiro atoms. The molecule has 0 aliphatic heterocycles. The molecule has 7 heteroatoms. The molecule has 0 unspecified atom stereocenters. The van der Waals surface area contributed by atoms with E-state index in [0.29, 0.717) is 6.42 Å². The van der Waals surface area contributed by atoms with Gasteiger partial charge in [0.2, 0.25) is 10.0 Å². The Morgan fingerprint density at radius 2 is 1.92 bits per heavy atom. The first-order chi connectivity index (χ1) is 12.5. The Hall–Kier alpha value is -2.77. The normalized spacial score (nSPS) is 15.1. The van der Waals surface area contributed by atoms with Gasteiger partial charge in [0.1, 0.15) is 5.84 Å². The van der Waals surface area contributed by atoms with Crippen LogP contribution in [0.5, 0.6) is 0 Å². The molecule has 0 heterocycles. The third kappa shape index (κ3) is 4.25. The molecule has 0 saturated heterocycles. The number of aliphatic imine (C=N–C) groups is 1. The number of hydrogen-bond acceptors (Lipinski definition) is 3. The molecule has 1 aliphatic carbocycles. The Morgan fingerprint density at radius 3 is 2.65 bits per heavy atom. The van der Waals surface area contributed by atoms with Gasteiger partial charge in [-0.3, -0.25) is 4.79 Å². The summed E-state index contributed by atoms with van der Waals surface area (Å²) in [5.74, 6) is -0.508. The second-order valence-electron chi connectivity index (χ2n) is 5.88. The number of rotatable bonds is 5. The highest BCUT2D eigenvalue weighted by molar-refractivity contribution is 7.89. The van der Waals surface area contributed by atoms with Gasteiger partial charge in [0.15, 0.2) is 0 Å². The van der Waals surface area contributed by atoms with Gasteiger partial charge in [0, 0.05) is 0 Å². The second-order valence-corrected chi connectivity index (χ2v) is 7.65. The van der Waals surface area contributed by atoms with E-state index in [-0.39, 0.29) is 10.7 Å². The van der Waals surface area contributed by atoms with E-state index in [2.05, 4.69) is 9.71 Å². The van der Waals surface area contributed by atoms with Crippen LogP contribution in [0.3, 0.4) is 0 Å². The smallest absolute Gasteiger partial charge is 0.262 e. The third-order valence-corrected chi connectivity index (χ3v) is 5.43. The van der Waals surface area contributed by atoms with Gasteiger partial charge < -0.3 is 5.73 Å². The lowest BCUT2D eigenvalue weighted by molar-refractivity contribution is -0.116. The summed E-state index contributed by atoms with van der Waals surface area (Å²) in [5, 5.41) is 1.75. The van der Waals surface area contributed by atoms with Gasteiger partial charge >= 0.3 is 0 Å². The minimum Gasteiger partial charge on any atom is -0.383 e. The van der Waals surface area contributed by atoms with Crippen molar-refractivity contribution in [1.29, 1.82) is 0 Å². The number of carbonyl (C=O) groups excluding carboxylic acids is 1. The second kappa shape index (κ2) is 7.63. The van der Waals surface area contributed by atoms with Gasteiger partial charge in [-0.25, -0.2) is 13.1 Å². The van der Waals surface area contributed by atoms with E-state index in [1.165, 1.54) is 6.07 Å². The molecule has 0 atom stereocenters. The number of hydrogen-bond donors (Lipinski definition) is 2. The number of benzene rings is 2. The van der Waals surface area contributed by atoms with Crippen molar-refractivity contribution >= 4 is 32.5 Å². The average molecular weight is 369 g/mol. The predicted octanol–water partition coefficient (Wildman–Crippen LogP) is 2.28. The number of sulfonamides is 1. The maximum atomic E-state index is 12.4. The SMILES string of the molecule is NC(=NC(=O)CNS(=O)(=O)c1ccc2ccccc2c1)C1=CC=CCC1. The predicted molar refractivity (Wildman–Crippen MR) is 102 cm³/mol. The standard InChI is InChI=1S/C19H19N3O3S/c20-19(15-7-2-1-3-8-15)22-18(23)13-21-26(24,25)17-11-10-14-6-4-5-9-16(14)12-17/h1-2,4-7,9-12,21H,3,8,13H2,(H2,20,22,23). The topological polar surface area (TPSA) is 102 Å². The quantitative estimate of drug-likeness (QED) is 0.623. The Bertz CT molecular complexity index is 1040. The van der Waals surface area contributed by atoms with Crippen LogP contribution in [0.2, 0.25) is 0 Å². The molecular weight excluding hydrogens is 350 g/mol. The van der Waals surface area contributed by atoms with Gasteiger partial charge in [0.25, 0.3) is 5.91 Å². The molecule has 3 N–H and O–H groups in total. The van der Waals surface area contributed by atoms with E-state index in [1.54, 1.807) is 18.2 Å². The van der Waals surface area contributed by atoms with Crippen molar-refractivity contribution in [3.63, 3.8) is 0 Å². The van der Waals surface area contributed by atoms with Crippen LogP contribution in [0, 0.1) is 0 Å². The van der Waals surface area contributed by atoms with Crippen LogP contribution in [0.1, 0.15) is 12.8 Å². The van der Waals surface area contributed by atoms with Crippen molar-refractivity contribution in [1.82, 2.24) is 4.72 Å². The highest BCUT2D eigenvalue weighted by Crippen LogP contribution is 2.18. The van der Waals surface area contributed by atoms with Crippen molar-refractivity contribution in [3.05, 3.63) is 66.3 Å². The summed E-state index contributed by atoms with van der Waals surface area (Å²) < 4.78 is 27.1. The number of amidine groups is 1. The minimum absolute atomic E-state index is 0.0982. The molecule has 2 aromatic rings. The fourth-order valence-corrected chi connectivity index (χ4v) is 3.65. The fourth-order valence-electron chi connectivity index (χ4n) is 2.64. The van der Waals surface area contributed by atoms with Crippen molar-refractivity contribution in [2.24, 2.45) is 10.7 Å². The molecule has 0 bridgehead atoms. The first-order valence-corrected chi connectivity index (χ1v) is 9.65. The minimum atomic E-state index is -3.81. The number of amides is 1. The molecule has 2 aromatic carbocycles. The van der Waals surface area contributed by atoms with Gasteiger partial charge in [-0.15, -0.1) is 0 Å². The van der Waals surface area contributed by atoms with Crippen LogP contribution < -0.4 is 10.5 Å². The lowest BCUT2D eigenvalue weighted by Crippen LogP contribution is -2.30. The summed E-state index contributed by atoms with van der Waals surface area (Å²) in [6.45, 7) is -0.445. The highest BCUT2D eigenvalue weighted by Gasteiger charge is 2.16. The number of nitrogens with zero attached hydrogens (tertiary/aromatic N) is 1. The van der Waals surface area contributed by atoms with Crippen LogP contribution in [0.25, 0.3) is 10.8 Å². The number of fused-ring (bicyclic) bond motifs is 1. The molecule has 26 heavy (non-hydrogen) atoms. The molecule has 0 saturated carbocycles. The third-order valence-electron chi connectivity index (χ3n) is 4.03. The lowest BCUT2D eigenvalue weighted by Gasteiger charge is -2.08. The van der Waals surface area contributed by atoms with E-state index < -0.39 is 22.5 Å². The highest BCUT2D eigenvalue weighted by atomic mass is 32.2. The molecule has 0 radical (unpaired) electrons. The Kier molecular flexibility index (Phi) is 5.29. The zero-order valence-electron chi connectivity index (χ0n) is 14.1. The van der Waals surface area contributed by atoms with Crippen LogP contribution in [-0.4, -0.2) is 26.7 Å². The van der Waals surface area contributed by atoms with Gasteiger partial charge in [-0.1, -0.05) is 48.6 Å². The summed E-state index contributed by atoms with van der Waals surface area (Å²) >= 11 is 0. The zero-order chi connectivity index (χ0) is 18.6. The summed E-state index contributed by atoms with van der Waals surface area (Å²) in [7, 11) is -3.81. The number of carbonyl (C=O) groups is 1. The maximum absolute atomic E-state index is 12.4. The van der Waals surface area contributed by atoms with Gasteiger partial charge in [0.05, 0.1) is 11.4 Å². The molecular formula is C19H19N3O3S. The van der Waals surface area contributed by atoms with Gasteiger partial charge in [-0.2, -0.15) is 4.99 Å². The van der Waals surface area contributed by atoms with Crippen molar-refractivity contribution in [3.8, 4) is 0 Å². The molecule has 0 fully saturated rings. The summed E-state index contributed by atoms with van der Waals surface area (Å²) in [5.41, 5.74) is 6.59. The van der Waals surface area contributed by atoms with E-state index in [4.69, 9.17) is 5.73 Å². The maximum Gasteiger partial charge on any atom is 0.262 e.